The molecule has 3 atom stereocenters. The lowest BCUT2D eigenvalue weighted by atomic mass is 9.94. The lowest BCUT2D eigenvalue weighted by Crippen LogP contribution is -2.44. The molecule has 0 fully saturated rings. The van der Waals surface area contributed by atoms with Gasteiger partial charge >= 0.3 is 5.97 Å². The van der Waals surface area contributed by atoms with Gasteiger partial charge in [-0.15, -0.1) is 0 Å². The van der Waals surface area contributed by atoms with Crippen molar-refractivity contribution < 1.29 is 9.90 Å². The van der Waals surface area contributed by atoms with E-state index in [0.717, 1.165) is 42.1 Å². The molecule has 0 amide bonds. The number of pyridine rings is 1. The first-order valence-electron chi connectivity index (χ1n) is 11.2. The maximum atomic E-state index is 11.5. The fourth-order valence-corrected chi connectivity index (χ4v) is 4.35. The van der Waals surface area contributed by atoms with Crippen molar-refractivity contribution in [2.45, 2.75) is 37.8 Å². The van der Waals surface area contributed by atoms with Crippen molar-refractivity contribution >= 4 is 17.5 Å². The van der Waals surface area contributed by atoms with E-state index in [1.165, 1.54) is 5.56 Å². The minimum atomic E-state index is -0.767. The Morgan fingerprint density at radius 1 is 1.12 bits per heavy atom. The summed E-state index contributed by atoms with van der Waals surface area (Å²) in [5.41, 5.74) is 4.26. The SMILES string of the molecule is CC[C@H](C(=O)O)c1cccc(CCN[C@H](c2ccccc2)[C@H]2CNc3cccnc3N2)c1. The molecular formula is C26H30N4O2. The van der Waals surface area contributed by atoms with Crippen LogP contribution in [0.15, 0.2) is 72.9 Å². The van der Waals surface area contributed by atoms with Gasteiger partial charge < -0.3 is 21.1 Å². The first kappa shape index (κ1) is 21.8. The zero-order valence-corrected chi connectivity index (χ0v) is 18.3. The summed E-state index contributed by atoms with van der Waals surface area (Å²) in [6, 6.07) is 22.6. The predicted octanol–water partition coefficient (Wildman–Crippen LogP) is 4.44. The number of nitrogens with one attached hydrogen (secondary N) is 3. The number of carboxylic acid groups (broad SMARTS) is 1. The van der Waals surface area contributed by atoms with Crippen LogP contribution >= 0.6 is 0 Å². The average Bonchev–Trinajstić information content (AvgIpc) is 2.83. The van der Waals surface area contributed by atoms with Gasteiger partial charge in [0.15, 0.2) is 0 Å². The Kier molecular flexibility index (Phi) is 7.02. The fraction of sp³-hybridized carbons (Fsp3) is 0.308. The van der Waals surface area contributed by atoms with Gasteiger partial charge in [0.2, 0.25) is 0 Å². The molecule has 0 bridgehead atoms. The number of hydrogen-bond acceptors (Lipinski definition) is 5. The molecule has 4 N–H and O–H groups in total. The Labute approximate surface area is 189 Å². The van der Waals surface area contributed by atoms with Crippen LogP contribution in [0.25, 0.3) is 0 Å². The van der Waals surface area contributed by atoms with Crippen LogP contribution in [-0.4, -0.2) is 35.2 Å². The van der Waals surface area contributed by atoms with Crippen LogP contribution in [-0.2, 0) is 11.2 Å². The van der Waals surface area contributed by atoms with Crippen molar-refractivity contribution in [1.29, 1.82) is 0 Å². The Balaban J connectivity index is 1.46. The monoisotopic (exact) mass is 430 g/mol. The van der Waals surface area contributed by atoms with E-state index in [0.29, 0.717) is 6.42 Å². The van der Waals surface area contributed by atoms with Gasteiger partial charge in [0, 0.05) is 12.7 Å². The Hall–Kier alpha value is -3.38. The highest BCUT2D eigenvalue weighted by molar-refractivity contribution is 5.76. The third kappa shape index (κ3) is 5.08. The molecule has 0 saturated heterocycles. The van der Waals surface area contributed by atoms with Gasteiger partial charge in [-0.3, -0.25) is 4.79 Å². The standard InChI is InChI=1S/C26H30N4O2/c1-2-21(26(31)32)20-11-6-8-18(16-20)13-15-27-24(19-9-4-3-5-10-19)23-17-29-22-12-7-14-28-25(22)30-23/h3-12,14,16,21,23-24,27,29H,2,13,15,17H2,1H3,(H,28,30)(H,31,32)/t21-,23+,24+/m0/s1. The molecule has 6 heteroatoms. The zero-order chi connectivity index (χ0) is 22.3. The third-order valence-corrected chi connectivity index (χ3v) is 6.04. The first-order valence-corrected chi connectivity index (χ1v) is 11.2. The normalized spacial score (nSPS) is 16.8. The highest BCUT2D eigenvalue weighted by atomic mass is 16.4. The quantitative estimate of drug-likeness (QED) is 0.402. The fourth-order valence-electron chi connectivity index (χ4n) is 4.35. The number of nitrogens with zero attached hydrogens (tertiary/aromatic N) is 1. The van der Waals surface area contributed by atoms with Crippen LogP contribution in [0, 0.1) is 0 Å². The van der Waals surface area contributed by atoms with Gasteiger partial charge in [0.1, 0.15) is 5.82 Å². The summed E-state index contributed by atoms with van der Waals surface area (Å²) in [4.78, 5) is 16.0. The number of rotatable bonds is 9. The molecule has 0 saturated carbocycles. The molecule has 32 heavy (non-hydrogen) atoms. The maximum Gasteiger partial charge on any atom is 0.310 e. The van der Waals surface area contributed by atoms with E-state index in [4.69, 9.17) is 0 Å². The molecule has 1 aliphatic rings. The zero-order valence-electron chi connectivity index (χ0n) is 18.3. The number of aliphatic carboxylic acids is 1. The van der Waals surface area contributed by atoms with Crippen molar-refractivity contribution in [2.24, 2.45) is 0 Å². The molecule has 6 nitrogen and oxygen atoms in total. The average molecular weight is 431 g/mol. The summed E-state index contributed by atoms with van der Waals surface area (Å²) in [5, 5.41) is 20.3. The smallest absolute Gasteiger partial charge is 0.310 e. The van der Waals surface area contributed by atoms with Crippen molar-refractivity contribution in [2.75, 3.05) is 23.7 Å². The molecule has 2 aromatic carbocycles. The minimum Gasteiger partial charge on any atom is -0.481 e. The Morgan fingerprint density at radius 3 is 2.72 bits per heavy atom. The number of anilines is 2. The second-order valence-corrected chi connectivity index (χ2v) is 8.17. The molecule has 0 radical (unpaired) electrons. The Morgan fingerprint density at radius 2 is 1.94 bits per heavy atom. The molecule has 2 heterocycles. The van der Waals surface area contributed by atoms with Gasteiger partial charge in [0.25, 0.3) is 0 Å². The lowest BCUT2D eigenvalue weighted by Gasteiger charge is -2.34. The molecule has 0 aliphatic carbocycles. The summed E-state index contributed by atoms with van der Waals surface area (Å²) in [7, 11) is 0. The molecule has 4 rings (SSSR count). The van der Waals surface area contributed by atoms with Gasteiger partial charge in [-0.2, -0.15) is 0 Å². The van der Waals surface area contributed by atoms with E-state index in [-0.39, 0.29) is 12.1 Å². The van der Waals surface area contributed by atoms with E-state index in [9.17, 15) is 9.90 Å². The summed E-state index contributed by atoms with van der Waals surface area (Å²) < 4.78 is 0. The molecule has 1 aliphatic heterocycles. The van der Waals surface area contributed by atoms with E-state index in [1.807, 2.05) is 43.3 Å². The van der Waals surface area contributed by atoms with Crippen LogP contribution in [0.5, 0.6) is 0 Å². The summed E-state index contributed by atoms with van der Waals surface area (Å²) in [6.07, 6.45) is 3.21. The number of benzene rings is 2. The topological polar surface area (TPSA) is 86.3 Å². The molecule has 1 aromatic heterocycles. The van der Waals surface area contributed by atoms with Crippen molar-refractivity contribution in [3.8, 4) is 0 Å². The van der Waals surface area contributed by atoms with Crippen LogP contribution < -0.4 is 16.0 Å². The third-order valence-electron chi connectivity index (χ3n) is 6.04. The van der Waals surface area contributed by atoms with Gasteiger partial charge in [-0.1, -0.05) is 61.5 Å². The molecule has 166 valence electrons. The number of fused-ring (bicyclic) bond motifs is 1. The van der Waals surface area contributed by atoms with Crippen LogP contribution in [0.2, 0.25) is 0 Å². The highest BCUT2D eigenvalue weighted by Gasteiger charge is 2.27. The van der Waals surface area contributed by atoms with E-state index < -0.39 is 11.9 Å². The number of carboxylic acids is 1. The second-order valence-electron chi connectivity index (χ2n) is 8.17. The molecule has 0 spiro atoms. The number of aromatic nitrogens is 1. The van der Waals surface area contributed by atoms with Crippen molar-refractivity contribution in [3.63, 3.8) is 0 Å². The van der Waals surface area contributed by atoms with Crippen LogP contribution in [0.1, 0.15) is 42.0 Å². The first-order chi connectivity index (χ1) is 15.7. The summed E-state index contributed by atoms with van der Waals surface area (Å²) >= 11 is 0. The minimum absolute atomic E-state index is 0.101. The van der Waals surface area contributed by atoms with Gasteiger partial charge in [-0.25, -0.2) is 4.98 Å². The van der Waals surface area contributed by atoms with E-state index in [2.05, 4.69) is 51.3 Å². The van der Waals surface area contributed by atoms with E-state index in [1.54, 1.807) is 6.20 Å². The maximum absolute atomic E-state index is 11.5. The van der Waals surface area contributed by atoms with Crippen molar-refractivity contribution in [1.82, 2.24) is 10.3 Å². The van der Waals surface area contributed by atoms with E-state index >= 15 is 0 Å². The van der Waals surface area contributed by atoms with Gasteiger partial charge in [0.05, 0.1) is 23.7 Å². The summed E-state index contributed by atoms with van der Waals surface area (Å²) in [5.74, 6) is -0.347. The van der Waals surface area contributed by atoms with Crippen molar-refractivity contribution in [3.05, 3.63) is 89.6 Å². The number of carbonyl (C=O) groups is 1. The second kappa shape index (κ2) is 10.3. The lowest BCUT2D eigenvalue weighted by molar-refractivity contribution is -0.138. The molecular weight excluding hydrogens is 400 g/mol. The Bertz CT molecular complexity index is 1040. The summed E-state index contributed by atoms with van der Waals surface area (Å²) in [6.45, 7) is 3.48. The molecule has 3 aromatic rings. The molecule has 0 unspecified atom stereocenters. The largest absolute Gasteiger partial charge is 0.481 e. The predicted molar refractivity (Wildman–Crippen MR) is 128 cm³/mol. The van der Waals surface area contributed by atoms with Crippen LogP contribution in [0.4, 0.5) is 11.5 Å². The number of hydrogen-bond donors (Lipinski definition) is 4. The van der Waals surface area contributed by atoms with Gasteiger partial charge in [-0.05, 0) is 48.2 Å². The van der Waals surface area contributed by atoms with Crippen LogP contribution in [0.3, 0.4) is 0 Å². The highest BCUT2D eigenvalue weighted by Crippen LogP contribution is 2.28.